The topological polar surface area (TPSA) is 61.4 Å². The van der Waals surface area contributed by atoms with Crippen LogP contribution in [0.4, 0.5) is 11.6 Å². The number of hydrogen-bond donors (Lipinski definition) is 1. The molecule has 0 saturated carbocycles. The predicted molar refractivity (Wildman–Crippen MR) is 89.1 cm³/mol. The van der Waals surface area contributed by atoms with Crippen molar-refractivity contribution in [3.8, 4) is 0 Å². The molecule has 1 aromatic heterocycles. The summed E-state index contributed by atoms with van der Waals surface area (Å²) in [7, 11) is 0. The van der Waals surface area contributed by atoms with Gasteiger partial charge in [0.05, 0.1) is 0 Å². The number of carbonyl (C=O) groups excluding carboxylic acids is 1. The average molecular weight is 305 g/mol. The van der Waals surface area contributed by atoms with Crippen LogP contribution in [0.5, 0.6) is 0 Å². The van der Waals surface area contributed by atoms with E-state index < -0.39 is 0 Å². The predicted octanol–water partition coefficient (Wildman–Crippen LogP) is 1.99. The van der Waals surface area contributed by atoms with Crippen LogP contribution in [-0.4, -0.2) is 53.7 Å². The normalized spacial score (nSPS) is 15.3. The van der Waals surface area contributed by atoms with Gasteiger partial charge in [0.1, 0.15) is 5.82 Å². The van der Waals surface area contributed by atoms with Crippen LogP contribution in [0, 0.1) is 5.92 Å². The Morgan fingerprint density at radius 1 is 1.14 bits per heavy atom. The van der Waals surface area contributed by atoms with E-state index >= 15 is 0 Å². The SMILES string of the molecule is CCNc1ccc(N2CCN(C(=O)C(CC)CC)CC2)nn1. The van der Waals surface area contributed by atoms with E-state index in [4.69, 9.17) is 0 Å². The molecule has 1 saturated heterocycles. The van der Waals surface area contributed by atoms with Crippen LogP contribution in [0.2, 0.25) is 0 Å². The lowest BCUT2D eigenvalue weighted by atomic mass is 10.0. The van der Waals surface area contributed by atoms with E-state index in [0.717, 1.165) is 57.2 Å². The van der Waals surface area contributed by atoms with Crippen molar-refractivity contribution in [3.63, 3.8) is 0 Å². The maximum absolute atomic E-state index is 12.4. The molecular weight excluding hydrogens is 278 g/mol. The first-order valence-corrected chi connectivity index (χ1v) is 8.30. The molecule has 1 aliphatic heterocycles. The molecule has 0 aromatic carbocycles. The minimum absolute atomic E-state index is 0.172. The number of nitrogens with one attached hydrogen (secondary N) is 1. The first-order valence-electron chi connectivity index (χ1n) is 8.30. The minimum atomic E-state index is 0.172. The molecule has 0 spiro atoms. The minimum Gasteiger partial charge on any atom is -0.369 e. The number of anilines is 2. The molecule has 1 fully saturated rings. The van der Waals surface area contributed by atoms with Crippen molar-refractivity contribution in [2.24, 2.45) is 5.92 Å². The first-order chi connectivity index (χ1) is 10.7. The zero-order valence-electron chi connectivity index (χ0n) is 13.9. The number of aromatic nitrogens is 2. The van der Waals surface area contributed by atoms with Gasteiger partial charge in [0.15, 0.2) is 5.82 Å². The Balaban J connectivity index is 1.90. The second kappa shape index (κ2) is 7.96. The maximum atomic E-state index is 12.4. The number of carbonyl (C=O) groups is 1. The fraction of sp³-hybridized carbons (Fsp3) is 0.688. The van der Waals surface area contributed by atoms with Crippen molar-refractivity contribution in [2.45, 2.75) is 33.6 Å². The lowest BCUT2D eigenvalue weighted by Crippen LogP contribution is -2.50. The third-order valence-electron chi connectivity index (χ3n) is 4.26. The fourth-order valence-electron chi connectivity index (χ4n) is 2.82. The fourth-order valence-corrected chi connectivity index (χ4v) is 2.82. The molecule has 1 amide bonds. The molecule has 122 valence electrons. The number of nitrogens with zero attached hydrogens (tertiary/aromatic N) is 4. The summed E-state index contributed by atoms with van der Waals surface area (Å²) in [6.45, 7) is 10.2. The molecule has 0 aliphatic carbocycles. The number of rotatable bonds is 6. The molecule has 0 radical (unpaired) electrons. The second-order valence-electron chi connectivity index (χ2n) is 5.63. The summed E-state index contributed by atoms with van der Waals surface area (Å²) in [5, 5.41) is 11.6. The van der Waals surface area contributed by atoms with Gasteiger partial charge < -0.3 is 15.1 Å². The summed E-state index contributed by atoms with van der Waals surface area (Å²) >= 11 is 0. The van der Waals surface area contributed by atoms with Crippen LogP contribution in [-0.2, 0) is 4.79 Å². The van der Waals surface area contributed by atoms with E-state index in [-0.39, 0.29) is 5.92 Å². The highest BCUT2D eigenvalue weighted by Crippen LogP contribution is 2.17. The molecule has 6 nitrogen and oxygen atoms in total. The lowest BCUT2D eigenvalue weighted by molar-refractivity contribution is -0.136. The molecule has 2 heterocycles. The van der Waals surface area contributed by atoms with Gasteiger partial charge in [0.25, 0.3) is 0 Å². The van der Waals surface area contributed by atoms with Gasteiger partial charge in [0.2, 0.25) is 5.91 Å². The van der Waals surface area contributed by atoms with Crippen molar-refractivity contribution in [1.29, 1.82) is 0 Å². The van der Waals surface area contributed by atoms with E-state index in [2.05, 4.69) is 34.3 Å². The Morgan fingerprint density at radius 2 is 1.82 bits per heavy atom. The van der Waals surface area contributed by atoms with E-state index in [9.17, 15) is 4.79 Å². The highest BCUT2D eigenvalue weighted by molar-refractivity contribution is 5.79. The van der Waals surface area contributed by atoms with Gasteiger partial charge in [-0.3, -0.25) is 4.79 Å². The van der Waals surface area contributed by atoms with Crippen LogP contribution in [0.15, 0.2) is 12.1 Å². The van der Waals surface area contributed by atoms with Gasteiger partial charge in [-0.2, -0.15) is 0 Å². The van der Waals surface area contributed by atoms with Crippen LogP contribution >= 0.6 is 0 Å². The Morgan fingerprint density at radius 3 is 2.32 bits per heavy atom. The zero-order chi connectivity index (χ0) is 15.9. The standard InChI is InChI=1S/C16H27N5O/c1-4-13(5-2)16(22)21-11-9-20(10-12-21)15-8-7-14(17-6-3)18-19-15/h7-8,13H,4-6,9-12H2,1-3H3,(H,17,18). The number of hydrogen-bond acceptors (Lipinski definition) is 5. The van der Waals surface area contributed by atoms with Crippen molar-refractivity contribution in [3.05, 3.63) is 12.1 Å². The third kappa shape index (κ3) is 3.87. The average Bonchev–Trinajstić information content (AvgIpc) is 2.57. The van der Waals surface area contributed by atoms with Crippen molar-refractivity contribution >= 4 is 17.5 Å². The Hall–Kier alpha value is -1.85. The van der Waals surface area contributed by atoms with Gasteiger partial charge in [0, 0.05) is 38.6 Å². The van der Waals surface area contributed by atoms with Crippen LogP contribution in [0.3, 0.4) is 0 Å². The summed E-state index contributed by atoms with van der Waals surface area (Å²) in [6, 6.07) is 3.94. The second-order valence-corrected chi connectivity index (χ2v) is 5.63. The highest BCUT2D eigenvalue weighted by atomic mass is 16.2. The molecule has 1 aliphatic rings. The van der Waals surface area contributed by atoms with Crippen molar-refractivity contribution in [2.75, 3.05) is 42.9 Å². The first kappa shape index (κ1) is 16.5. The number of amides is 1. The van der Waals surface area contributed by atoms with E-state index in [1.165, 1.54) is 0 Å². The van der Waals surface area contributed by atoms with Crippen molar-refractivity contribution < 1.29 is 4.79 Å². The Kier molecular flexibility index (Phi) is 5.98. The summed E-state index contributed by atoms with van der Waals surface area (Å²) in [4.78, 5) is 16.6. The molecule has 1 aromatic rings. The summed E-state index contributed by atoms with van der Waals surface area (Å²) < 4.78 is 0. The van der Waals surface area contributed by atoms with Gasteiger partial charge in [-0.1, -0.05) is 13.8 Å². The summed E-state index contributed by atoms with van der Waals surface area (Å²) in [6.07, 6.45) is 1.85. The zero-order valence-corrected chi connectivity index (χ0v) is 13.9. The molecule has 0 bridgehead atoms. The van der Waals surface area contributed by atoms with E-state index in [0.29, 0.717) is 5.91 Å². The molecule has 0 atom stereocenters. The lowest BCUT2D eigenvalue weighted by Gasteiger charge is -2.36. The van der Waals surface area contributed by atoms with Gasteiger partial charge in [-0.25, -0.2) is 0 Å². The molecule has 6 heteroatoms. The monoisotopic (exact) mass is 305 g/mol. The molecular formula is C16H27N5O. The van der Waals surface area contributed by atoms with Gasteiger partial charge in [-0.15, -0.1) is 10.2 Å². The Labute approximate surface area is 132 Å². The third-order valence-corrected chi connectivity index (χ3v) is 4.26. The maximum Gasteiger partial charge on any atom is 0.225 e. The van der Waals surface area contributed by atoms with Crippen LogP contribution in [0.25, 0.3) is 0 Å². The molecule has 2 rings (SSSR count). The van der Waals surface area contributed by atoms with E-state index in [1.807, 2.05) is 24.0 Å². The van der Waals surface area contributed by atoms with Gasteiger partial charge >= 0.3 is 0 Å². The molecule has 0 unspecified atom stereocenters. The van der Waals surface area contributed by atoms with Gasteiger partial charge in [-0.05, 0) is 31.9 Å². The quantitative estimate of drug-likeness (QED) is 0.871. The van der Waals surface area contributed by atoms with Crippen molar-refractivity contribution in [1.82, 2.24) is 15.1 Å². The Bertz CT molecular complexity index is 464. The highest BCUT2D eigenvalue weighted by Gasteiger charge is 2.25. The largest absolute Gasteiger partial charge is 0.369 e. The molecule has 1 N–H and O–H groups in total. The van der Waals surface area contributed by atoms with E-state index in [1.54, 1.807) is 0 Å². The smallest absolute Gasteiger partial charge is 0.225 e. The molecule has 22 heavy (non-hydrogen) atoms. The van der Waals surface area contributed by atoms with Crippen LogP contribution in [0.1, 0.15) is 33.6 Å². The van der Waals surface area contributed by atoms with Crippen LogP contribution < -0.4 is 10.2 Å². The summed E-state index contributed by atoms with van der Waals surface area (Å²) in [5.41, 5.74) is 0. The number of piperazine rings is 1. The summed E-state index contributed by atoms with van der Waals surface area (Å²) in [5.74, 6) is 2.16.